The highest BCUT2D eigenvalue weighted by molar-refractivity contribution is 7.13. The molecule has 0 radical (unpaired) electrons. The van der Waals surface area contributed by atoms with E-state index in [1.54, 1.807) is 29.9 Å². The topological polar surface area (TPSA) is 125 Å². The number of pyridine rings is 1. The van der Waals surface area contributed by atoms with E-state index in [0.29, 0.717) is 5.01 Å². The van der Waals surface area contributed by atoms with E-state index in [-0.39, 0.29) is 44.9 Å². The van der Waals surface area contributed by atoms with Crippen molar-refractivity contribution in [2.24, 2.45) is 0 Å². The lowest BCUT2D eigenvalue weighted by molar-refractivity contribution is -0.192. The quantitative estimate of drug-likeness (QED) is 0.227. The van der Waals surface area contributed by atoms with E-state index in [9.17, 15) is 18.0 Å². The summed E-state index contributed by atoms with van der Waals surface area (Å²) < 4.78 is 52.4. The number of halogens is 6. The molecular formula is C25H14Cl2F4N4O4S. The molecule has 0 fully saturated rings. The lowest BCUT2D eigenvalue weighted by atomic mass is 10.2. The number of hydrogen-bond donors (Lipinski definition) is 2. The van der Waals surface area contributed by atoms with Crippen molar-refractivity contribution >= 4 is 46.4 Å². The number of amides is 1. The van der Waals surface area contributed by atoms with Crippen LogP contribution in [0.3, 0.4) is 0 Å². The Morgan fingerprint density at radius 3 is 2.42 bits per heavy atom. The highest BCUT2D eigenvalue weighted by atomic mass is 35.5. The maximum atomic E-state index is 15.1. The van der Waals surface area contributed by atoms with E-state index in [1.807, 2.05) is 6.07 Å². The van der Waals surface area contributed by atoms with Crippen LogP contribution in [0.25, 0.3) is 10.6 Å². The molecule has 8 nitrogen and oxygen atoms in total. The average Bonchev–Trinajstić information content (AvgIpc) is 3.41. The number of nitrogens with zero attached hydrogens (tertiary/aromatic N) is 3. The van der Waals surface area contributed by atoms with Crippen LogP contribution in [0, 0.1) is 17.1 Å². The van der Waals surface area contributed by atoms with Crippen molar-refractivity contribution in [3.8, 4) is 28.1 Å². The molecule has 0 aliphatic heterocycles. The van der Waals surface area contributed by atoms with E-state index < -0.39 is 23.9 Å². The number of aliphatic carboxylic acids is 1. The zero-order chi connectivity index (χ0) is 29.4. The maximum Gasteiger partial charge on any atom is 0.490 e. The van der Waals surface area contributed by atoms with Gasteiger partial charge in [0.15, 0.2) is 11.6 Å². The molecule has 0 unspecified atom stereocenters. The molecule has 0 bridgehead atoms. The zero-order valence-electron chi connectivity index (χ0n) is 19.7. The van der Waals surface area contributed by atoms with E-state index >= 15 is 4.39 Å². The number of nitriles is 1. The van der Waals surface area contributed by atoms with Crippen molar-refractivity contribution in [2.75, 3.05) is 0 Å². The number of ether oxygens (including phenoxy) is 1. The second-order valence-electron chi connectivity index (χ2n) is 7.50. The van der Waals surface area contributed by atoms with Crippen LogP contribution in [-0.4, -0.2) is 33.1 Å². The number of alkyl halides is 3. The summed E-state index contributed by atoms with van der Waals surface area (Å²) in [6.07, 6.45) is -1.80. The van der Waals surface area contributed by atoms with Crippen LogP contribution in [0.5, 0.6) is 11.5 Å². The molecule has 206 valence electrons. The lowest BCUT2D eigenvalue weighted by Crippen LogP contribution is -2.23. The fourth-order valence-corrected chi connectivity index (χ4v) is 4.09. The minimum Gasteiger partial charge on any atom is -0.475 e. The van der Waals surface area contributed by atoms with Crippen molar-refractivity contribution < 1.29 is 37.0 Å². The first-order valence-corrected chi connectivity index (χ1v) is 12.3. The predicted molar refractivity (Wildman–Crippen MR) is 138 cm³/mol. The Morgan fingerprint density at radius 2 is 1.80 bits per heavy atom. The molecule has 2 aromatic carbocycles. The Kier molecular flexibility index (Phi) is 10.0. The molecule has 0 saturated heterocycles. The second kappa shape index (κ2) is 13.2. The Balaban J connectivity index is 0.000000559. The molecule has 0 saturated carbocycles. The number of benzene rings is 2. The van der Waals surface area contributed by atoms with Crippen LogP contribution < -0.4 is 10.1 Å². The van der Waals surface area contributed by atoms with Crippen LogP contribution in [0.1, 0.15) is 21.6 Å². The van der Waals surface area contributed by atoms with Gasteiger partial charge in [-0.2, -0.15) is 18.4 Å². The normalized spacial score (nSPS) is 10.6. The van der Waals surface area contributed by atoms with Gasteiger partial charge >= 0.3 is 12.1 Å². The Bertz CT molecular complexity index is 1580. The summed E-state index contributed by atoms with van der Waals surface area (Å²) in [5.41, 5.74) is 1.49. The third kappa shape index (κ3) is 8.12. The first-order valence-electron chi connectivity index (χ1n) is 10.7. The van der Waals surface area contributed by atoms with Gasteiger partial charge in [0.2, 0.25) is 0 Å². The van der Waals surface area contributed by atoms with E-state index in [2.05, 4.69) is 15.3 Å². The summed E-state index contributed by atoms with van der Waals surface area (Å²) in [4.78, 5) is 29.7. The molecular weight excluding hydrogens is 599 g/mol. The number of rotatable bonds is 6. The van der Waals surface area contributed by atoms with E-state index in [1.165, 1.54) is 41.7 Å². The van der Waals surface area contributed by atoms with Crippen molar-refractivity contribution in [3.05, 3.63) is 92.9 Å². The van der Waals surface area contributed by atoms with Crippen LogP contribution in [-0.2, 0) is 11.3 Å². The minimum atomic E-state index is -5.08. The molecule has 2 heterocycles. The van der Waals surface area contributed by atoms with Crippen molar-refractivity contribution in [1.29, 1.82) is 5.26 Å². The minimum absolute atomic E-state index is 0.0301. The summed E-state index contributed by atoms with van der Waals surface area (Å²) in [7, 11) is 0. The summed E-state index contributed by atoms with van der Waals surface area (Å²) in [5.74, 6) is -4.02. The smallest absolute Gasteiger partial charge is 0.475 e. The third-order valence-corrected chi connectivity index (χ3v) is 6.10. The molecule has 4 rings (SSSR count). The lowest BCUT2D eigenvalue weighted by Gasteiger charge is -2.13. The van der Waals surface area contributed by atoms with E-state index in [0.717, 1.165) is 5.56 Å². The van der Waals surface area contributed by atoms with E-state index in [4.69, 9.17) is 43.1 Å². The highest BCUT2D eigenvalue weighted by Gasteiger charge is 2.38. The van der Waals surface area contributed by atoms with Gasteiger partial charge in [0, 0.05) is 40.5 Å². The van der Waals surface area contributed by atoms with Gasteiger partial charge in [-0.25, -0.2) is 14.2 Å². The number of nitrogens with one attached hydrogen (secondary N) is 1. The molecule has 0 spiro atoms. The molecule has 0 atom stereocenters. The first-order chi connectivity index (χ1) is 18.9. The van der Waals surface area contributed by atoms with Crippen LogP contribution in [0.15, 0.2) is 60.2 Å². The largest absolute Gasteiger partial charge is 0.490 e. The number of hydrogen-bond acceptors (Lipinski definition) is 7. The van der Waals surface area contributed by atoms with Gasteiger partial charge < -0.3 is 15.2 Å². The Hall–Kier alpha value is -4.25. The molecule has 4 aromatic rings. The van der Waals surface area contributed by atoms with Gasteiger partial charge in [-0.05, 0) is 36.4 Å². The zero-order valence-corrected chi connectivity index (χ0v) is 22.0. The number of carboxylic acid groups (broad SMARTS) is 1. The Labute approximate surface area is 237 Å². The van der Waals surface area contributed by atoms with Crippen LogP contribution in [0.2, 0.25) is 10.0 Å². The Morgan fingerprint density at radius 1 is 1.12 bits per heavy atom. The second-order valence-corrected chi connectivity index (χ2v) is 9.20. The number of carbonyl (C=O) groups excluding carboxylic acids is 1. The van der Waals surface area contributed by atoms with Gasteiger partial charge in [0.05, 0.1) is 16.7 Å². The van der Waals surface area contributed by atoms with Gasteiger partial charge in [0.25, 0.3) is 5.91 Å². The monoisotopic (exact) mass is 612 g/mol. The molecule has 40 heavy (non-hydrogen) atoms. The molecule has 0 aliphatic carbocycles. The van der Waals surface area contributed by atoms with Gasteiger partial charge in [-0.1, -0.05) is 29.3 Å². The summed E-state index contributed by atoms with van der Waals surface area (Å²) >= 11 is 13.4. The summed E-state index contributed by atoms with van der Waals surface area (Å²) in [6, 6.07) is 12.8. The SMILES string of the molecule is N#Cc1cc(Cl)cc(Oc2c(Cl)ccc(CNC(=O)c3csc(-c4ccncc4)n3)c2F)c1.O=C(O)C(F)(F)F. The molecule has 15 heteroatoms. The van der Waals surface area contributed by atoms with Crippen molar-refractivity contribution in [2.45, 2.75) is 12.7 Å². The number of aromatic nitrogens is 2. The maximum absolute atomic E-state index is 15.1. The predicted octanol–water partition coefficient (Wildman–Crippen LogP) is 6.88. The fourth-order valence-electron chi connectivity index (χ4n) is 2.88. The molecule has 2 N–H and O–H groups in total. The van der Waals surface area contributed by atoms with Gasteiger partial charge in [-0.15, -0.1) is 11.3 Å². The van der Waals surface area contributed by atoms with Gasteiger partial charge in [0.1, 0.15) is 16.5 Å². The molecule has 1 amide bonds. The average molecular weight is 613 g/mol. The molecule has 2 aromatic heterocycles. The van der Waals surface area contributed by atoms with Crippen LogP contribution >= 0.6 is 34.5 Å². The van der Waals surface area contributed by atoms with Crippen LogP contribution in [0.4, 0.5) is 17.6 Å². The standard InChI is InChI=1S/C23H13Cl2FN4O2S.C2HF3O2/c24-16-7-13(10-27)8-17(9-16)32-21-18(25)2-1-15(20(21)26)11-29-22(31)19-12-33-23(30-19)14-3-5-28-6-4-14;3-2(4,5)1(6)7/h1-9,12H,11H2,(H,29,31);(H,6,7). The van der Waals surface area contributed by atoms with Crippen molar-refractivity contribution in [3.63, 3.8) is 0 Å². The highest BCUT2D eigenvalue weighted by Crippen LogP contribution is 2.35. The van der Waals surface area contributed by atoms with Crippen molar-refractivity contribution in [1.82, 2.24) is 15.3 Å². The van der Waals surface area contributed by atoms with Gasteiger partial charge in [-0.3, -0.25) is 9.78 Å². The summed E-state index contributed by atoms with van der Waals surface area (Å²) in [6.45, 7) is -0.112. The third-order valence-electron chi connectivity index (χ3n) is 4.70. The number of thiazole rings is 1. The fraction of sp³-hybridized carbons (Fsp3) is 0.0800. The number of carbonyl (C=O) groups is 2. The number of carboxylic acids is 1. The summed E-state index contributed by atoms with van der Waals surface area (Å²) in [5, 5.41) is 21.4. The molecule has 0 aliphatic rings. The first kappa shape index (κ1) is 30.3.